The first-order valence-corrected chi connectivity index (χ1v) is 7.29. The molecule has 0 rings (SSSR count). The quantitative estimate of drug-likeness (QED) is 0.394. The van der Waals surface area contributed by atoms with Gasteiger partial charge in [-0.3, -0.25) is 0 Å². The summed E-state index contributed by atoms with van der Waals surface area (Å²) < 4.78 is 0. The molecule has 18 heavy (non-hydrogen) atoms. The van der Waals surface area contributed by atoms with E-state index in [4.69, 9.17) is 10.8 Å². The first-order chi connectivity index (χ1) is 8.57. The summed E-state index contributed by atoms with van der Waals surface area (Å²) in [5, 5.41) is 18.2. The van der Waals surface area contributed by atoms with Crippen molar-refractivity contribution in [2.45, 2.75) is 70.9 Å². The molecule has 0 aliphatic heterocycles. The maximum absolute atomic E-state index is 9.47. The third-order valence-electron chi connectivity index (χ3n) is 3.14. The molecule has 0 amide bonds. The largest absolute Gasteiger partial charge is 0.395 e. The zero-order chi connectivity index (χ0) is 13.8. The van der Waals surface area contributed by atoms with E-state index in [0.29, 0.717) is 0 Å². The third-order valence-corrected chi connectivity index (χ3v) is 3.14. The van der Waals surface area contributed by atoms with Crippen LogP contribution in [-0.4, -0.2) is 29.0 Å². The monoisotopic (exact) mass is 257 g/mol. The molecule has 0 aromatic heterocycles. The second-order valence-electron chi connectivity index (χ2n) is 5.50. The summed E-state index contributed by atoms with van der Waals surface area (Å²) in [4.78, 5) is 0. The number of unbranched alkanes of at least 4 members (excludes halogenated alkanes) is 5. The van der Waals surface area contributed by atoms with Crippen LogP contribution in [0.3, 0.4) is 0 Å². The van der Waals surface area contributed by atoms with E-state index in [1.54, 1.807) is 6.08 Å². The number of aliphatic hydroxyl groups excluding tert-OH is 2. The van der Waals surface area contributed by atoms with Gasteiger partial charge in [-0.1, -0.05) is 58.1 Å². The van der Waals surface area contributed by atoms with Crippen molar-refractivity contribution in [3.05, 3.63) is 12.2 Å². The highest BCUT2D eigenvalue weighted by Gasteiger charge is 2.08. The lowest BCUT2D eigenvalue weighted by molar-refractivity contribution is 0.144. The van der Waals surface area contributed by atoms with Crippen molar-refractivity contribution in [2.75, 3.05) is 6.61 Å². The standard InChI is InChI=1S/C15H31NO2/c1-13(2)10-8-6-4-3-5-7-9-11-15(18)14(16)12-17/h9,11,13-15,17-18H,3-8,10,12,16H2,1-2H3/b11-9+/t14-,15+/m0/s1. The lowest BCUT2D eigenvalue weighted by atomic mass is 10.0. The van der Waals surface area contributed by atoms with Crippen LogP contribution in [0.15, 0.2) is 12.2 Å². The number of nitrogens with two attached hydrogens (primary N) is 1. The van der Waals surface area contributed by atoms with Crippen molar-refractivity contribution in [1.82, 2.24) is 0 Å². The fourth-order valence-corrected chi connectivity index (χ4v) is 1.83. The first-order valence-electron chi connectivity index (χ1n) is 7.29. The maximum atomic E-state index is 9.47. The van der Waals surface area contributed by atoms with E-state index >= 15 is 0 Å². The maximum Gasteiger partial charge on any atom is 0.0894 e. The molecule has 0 heterocycles. The van der Waals surface area contributed by atoms with Gasteiger partial charge in [0.1, 0.15) is 0 Å². The van der Waals surface area contributed by atoms with Crippen molar-refractivity contribution in [3.8, 4) is 0 Å². The molecule has 0 saturated heterocycles. The summed E-state index contributed by atoms with van der Waals surface area (Å²) in [7, 11) is 0. The predicted molar refractivity (Wildman–Crippen MR) is 77.4 cm³/mol. The summed E-state index contributed by atoms with van der Waals surface area (Å²) in [6.45, 7) is 4.36. The van der Waals surface area contributed by atoms with Crippen molar-refractivity contribution < 1.29 is 10.2 Å². The molecule has 0 spiro atoms. The van der Waals surface area contributed by atoms with Gasteiger partial charge in [-0.15, -0.1) is 0 Å². The van der Waals surface area contributed by atoms with Crippen LogP contribution in [-0.2, 0) is 0 Å². The van der Waals surface area contributed by atoms with Gasteiger partial charge in [0.05, 0.1) is 18.8 Å². The van der Waals surface area contributed by atoms with Crippen LogP contribution >= 0.6 is 0 Å². The van der Waals surface area contributed by atoms with Crippen LogP contribution in [0.2, 0.25) is 0 Å². The van der Waals surface area contributed by atoms with E-state index in [1.807, 2.05) is 6.08 Å². The zero-order valence-electron chi connectivity index (χ0n) is 12.0. The van der Waals surface area contributed by atoms with E-state index in [1.165, 1.54) is 38.5 Å². The van der Waals surface area contributed by atoms with Gasteiger partial charge < -0.3 is 15.9 Å². The Kier molecular flexibility index (Phi) is 11.4. The Morgan fingerprint density at radius 2 is 1.67 bits per heavy atom. The Morgan fingerprint density at radius 1 is 1.06 bits per heavy atom. The van der Waals surface area contributed by atoms with Crippen LogP contribution in [0, 0.1) is 5.92 Å². The Labute approximate surface area is 112 Å². The number of hydrogen-bond donors (Lipinski definition) is 3. The van der Waals surface area contributed by atoms with E-state index in [0.717, 1.165) is 12.3 Å². The fourth-order valence-electron chi connectivity index (χ4n) is 1.83. The lowest BCUT2D eigenvalue weighted by Gasteiger charge is -2.11. The molecule has 0 fully saturated rings. The molecule has 3 heteroatoms. The van der Waals surface area contributed by atoms with Gasteiger partial charge in [-0.2, -0.15) is 0 Å². The van der Waals surface area contributed by atoms with Crippen LogP contribution < -0.4 is 5.73 Å². The van der Waals surface area contributed by atoms with Gasteiger partial charge >= 0.3 is 0 Å². The van der Waals surface area contributed by atoms with E-state index in [-0.39, 0.29) is 6.61 Å². The van der Waals surface area contributed by atoms with Gasteiger partial charge in [0, 0.05) is 0 Å². The summed E-state index contributed by atoms with van der Waals surface area (Å²) in [5.74, 6) is 0.824. The highest BCUT2D eigenvalue weighted by atomic mass is 16.3. The third kappa shape index (κ3) is 10.8. The summed E-state index contributed by atoms with van der Waals surface area (Å²) >= 11 is 0. The van der Waals surface area contributed by atoms with Gasteiger partial charge in [0.2, 0.25) is 0 Å². The van der Waals surface area contributed by atoms with Crippen molar-refractivity contribution in [3.63, 3.8) is 0 Å². The van der Waals surface area contributed by atoms with Crippen molar-refractivity contribution in [1.29, 1.82) is 0 Å². The molecular weight excluding hydrogens is 226 g/mol. The number of rotatable bonds is 11. The molecular formula is C15H31NO2. The average molecular weight is 257 g/mol. The SMILES string of the molecule is CC(C)CCCCCCC/C=C/[C@@H](O)[C@@H](N)CO. The molecule has 0 saturated carbocycles. The van der Waals surface area contributed by atoms with E-state index in [9.17, 15) is 5.11 Å². The molecule has 0 aliphatic carbocycles. The minimum atomic E-state index is -0.721. The molecule has 4 N–H and O–H groups in total. The second kappa shape index (κ2) is 11.7. The Hall–Kier alpha value is -0.380. The van der Waals surface area contributed by atoms with E-state index in [2.05, 4.69) is 13.8 Å². The highest BCUT2D eigenvalue weighted by molar-refractivity contribution is 4.93. The topological polar surface area (TPSA) is 66.5 Å². The minimum Gasteiger partial charge on any atom is -0.395 e. The fraction of sp³-hybridized carbons (Fsp3) is 0.867. The van der Waals surface area contributed by atoms with Crippen LogP contribution in [0.25, 0.3) is 0 Å². The molecule has 0 aliphatic rings. The van der Waals surface area contributed by atoms with Gasteiger partial charge in [0.15, 0.2) is 0 Å². The Morgan fingerprint density at radius 3 is 2.28 bits per heavy atom. The van der Waals surface area contributed by atoms with Gasteiger partial charge in [-0.25, -0.2) is 0 Å². The van der Waals surface area contributed by atoms with Gasteiger partial charge in [-0.05, 0) is 18.8 Å². The number of allylic oxidation sites excluding steroid dienone is 1. The molecule has 0 unspecified atom stereocenters. The Bertz CT molecular complexity index is 205. The summed E-state index contributed by atoms with van der Waals surface area (Å²) in [5.41, 5.74) is 5.49. The molecule has 0 aromatic carbocycles. The molecule has 0 aromatic rings. The van der Waals surface area contributed by atoms with Crippen molar-refractivity contribution in [2.24, 2.45) is 11.7 Å². The normalized spacial score (nSPS) is 15.4. The molecule has 3 nitrogen and oxygen atoms in total. The number of aliphatic hydroxyl groups is 2. The molecule has 0 bridgehead atoms. The van der Waals surface area contributed by atoms with Crippen LogP contribution in [0.4, 0.5) is 0 Å². The smallest absolute Gasteiger partial charge is 0.0894 e. The van der Waals surface area contributed by atoms with Gasteiger partial charge in [0.25, 0.3) is 0 Å². The molecule has 108 valence electrons. The minimum absolute atomic E-state index is 0.179. The lowest BCUT2D eigenvalue weighted by Crippen LogP contribution is -2.36. The van der Waals surface area contributed by atoms with Crippen LogP contribution in [0.1, 0.15) is 58.8 Å². The van der Waals surface area contributed by atoms with E-state index < -0.39 is 12.1 Å². The summed E-state index contributed by atoms with van der Waals surface area (Å²) in [6.07, 6.45) is 11.7. The molecule has 2 atom stereocenters. The first kappa shape index (κ1) is 17.6. The Balaban J connectivity index is 3.32. The number of hydrogen-bond acceptors (Lipinski definition) is 3. The average Bonchev–Trinajstić information content (AvgIpc) is 2.35. The van der Waals surface area contributed by atoms with Crippen molar-refractivity contribution >= 4 is 0 Å². The summed E-state index contributed by atoms with van der Waals surface area (Å²) in [6, 6.07) is -0.558. The zero-order valence-corrected chi connectivity index (χ0v) is 12.0. The predicted octanol–water partition coefficient (Wildman–Crippen LogP) is 2.61. The molecule has 0 radical (unpaired) electrons. The highest BCUT2D eigenvalue weighted by Crippen LogP contribution is 2.11. The van der Waals surface area contributed by atoms with Crippen LogP contribution in [0.5, 0.6) is 0 Å². The second-order valence-corrected chi connectivity index (χ2v) is 5.50.